The zero-order chi connectivity index (χ0) is 9.84. The molecule has 1 amide bonds. The lowest BCUT2D eigenvalue weighted by molar-refractivity contribution is 0.139. The minimum Gasteiger partial charge on any atom is -0.448 e. The molecule has 0 aromatic carbocycles. The second-order valence-electron chi connectivity index (χ2n) is 3.63. The van der Waals surface area contributed by atoms with Gasteiger partial charge in [-0.2, -0.15) is 0 Å². The molecular formula is C9H18N2O2. The highest BCUT2D eigenvalue weighted by molar-refractivity contribution is 5.69. The molecule has 0 aromatic heterocycles. The Hall–Kier alpha value is -0.770. The number of carbonyl (C=O) groups is 1. The van der Waals surface area contributed by atoms with E-state index in [2.05, 4.69) is 11.8 Å². The third-order valence-corrected chi connectivity index (χ3v) is 2.28. The lowest BCUT2D eigenvalue weighted by atomic mass is 10.2. The van der Waals surface area contributed by atoms with E-state index in [-0.39, 0.29) is 6.09 Å². The molecule has 1 aliphatic rings. The molecule has 0 aliphatic carbocycles. The first-order valence-corrected chi connectivity index (χ1v) is 4.73. The van der Waals surface area contributed by atoms with Crippen LogP contribution in [0.2, 0.25) is 0 Å². The summed E-state index contributed by atoms with van der Waals surface area (Å²) in [5.41, 5.74) is 0. The van der Waals surface area contributed by atoms with E-state index in [4.69, 9.17) is 4.74 Å². The Morgan fingerprint density at radius 2 is 2.31 bits per heavy atom. The van der Waals surface area contributed by atoms with Crippen LogP contribution in [0.4, 0.5) is 4.79 Å². The molecule has 1 atom stereocenters. The van der Waals surface area contributed by atoms with Gasteiger partial charge >= 0.3 is 6.09 Å². The maximum absolute atomic E-state index is 11.2. The summed E-state index contributed by atoms with van der Waals surface area (Å²) >= 11 is 0. The van der Waals surface area contributed by atoms with Crippen LogP contribution < -0.4 is 0 Å². The lowest BCUT2D eigenvalue weighted by Crippen LogP contribution is -2.42. The molecule has 1 aliphatic heterocycles. The summed E-state index contributed by atoms with van der Waals surface area (Å²) in [5, 5.41) is 0. The molecule has 0 unspecified atom stereocenters. The highest BCUT2D eigenvalue weighted by Crippen LogP contribution is 2.11. The van der Waals surface area contributed by atoms with Crippen LogP contribution in [0, 0.1) is 0 Å². The number of likely N-dealkylation sites (N-methyl/N-ethyl adjacent to an activating group) is 1. The summed E-state index contributed by atoms with van der Waals surface area (Å²) in [5.74, 6) is 0. The predicted octanol–water partition coefficient (Wildman–Crippen LogP) is 0.779. The molecule has 76 valence electrons. The van der Waals surface area contributed by atoms with Crippen LogP contribution in [0.1, 0.15) is 13.3 Å². The fourth-order valence-corrected chi connectivity index (χ4v) is 1.61. The Bertz CT molecular complexity index is 182. The molecule has 4 heteroatoms. The molecule has 1 saturated heterocycles. The smallest absolute Gasteiger partial charge is 0.410 e. The van der Waals surface area contributed by atoms with Crippen molar-refractivity contribution < 1.29 is 9.53 Å². The van der Waals surface area contributed by atoms with Gasteiger partial charge in [0.2, 0.25) is 0 Å². The molecule has 1 rings (SSSR count). The Morgan fingerprint density at radius 1 is 1.62 bits per heavy atom. The SMILES string of the molecule is CC[C@H](CN(C)C)N1CCOC1=O. The van der Waals surface area contributed by atoms with E-state index >= 15 is 0 Å². The second kappa shape index (κ2) is 4.46. The minimum absolute atomic E-state index is 0.159. The zero-order valence-electron chi connectivity index (χ0n) is 8.62. The van der Waals surface area contributed by atoms with Crippen molar-refractivity contribution in [3.63, 3.8) is 0 Å². The summed E-state index contributed by atoms with van der Waals surface area (Å²) < 4.78 is 4.90. The first kappa shape index (κ1) is 10.3. The van der Waals surface area contributed by atoms with E-state index in [9.17, 15) is 4.79 Å². The number of cyclic esters (lactones) is 1. The Labute approximate surface area is 79.4 Å². The van der Waals surface area contributed by atoms with Gasteiger partial charge in [0.25, 0.3) is 0 Å². The van der Waals surface area contributed by atoms with Crippen LogP contribution in [-0.2, 0) is 4.74 Å². The van der Waals surface area contributed by atoms with Crippen LogP contribution in [0.5, 0.6) is 0 Å². The van der Waals surface area contributed by atoms with Crippen LogP contribution >= 0.6 is 0 Å². The van der Waals surface area contributed by atoms with Gasteiger partial charge < -0.3 is 14.5 Å². The third kappa shape index (κ3) is 2.59. The van der Waals surface area contributed by atoms with Crippen molar-refractivity contribution in [1.29, 1.82) is 0 Å². The zero-order valence-corrected chi connectivity index (χ0v) is 8.62. The van der Waals surface area contributed by atoms with Crippen LogP contribution in [0.15, 0.2) is 0 Å². The van der Waals surface area contributed by atoms with E-state index in [1.54, 1.807) is 0 Å². The summed E-state index contributed by atoms with van der Waals surface area (Å²) in [7, 11) is 4.04. The molecule has 0 spiro atoms. The highest BCUT2D eigenvalue weighted by atomic mass is 16.6. The van der Waals surface area contributed by atoms with Crippen molar-refractivity contribution in [1.82, 2.24) is 9.80 Å². The average molecular weight is 186 g/mol. The topological polar surface area (TPSA) is 32.8 Å². The van der Waals surface area contributed by atoms with Gasteiger partial charge in [-0.15, -0.1) is 0 Å². The molecule has 0 radical (unpaired) electrons. The van der Waals surface area contributed by atoms with E-state index in [0.29, 0.717) is 12.6 Å². The third-order valence-electron chi connectivity index (χ3n) is 2.28. The molecule has 0 N–H and O–H groups in total. The first-order chi connectivity index (χ1) is 6.15. The van der Waals surface area contributed by atoms with E-state index in [0.717, 1.165) is 19.5 Å². The Morgan fingerprint density at radius 3 is 2.69 bits per heavy atom. The van der Waals surface area contributed by atoms with Crippen molar-refractivity contribution in [2.45, 2.75) is 19.4 Å². The van der Waals surface area contributed by atoms with E-state index < -0.39 is 0 Å². The number of hydrogen-bond acceptors (Lipinski definition) is 3. The molecular weight excluding hydrogens is 168 g/mol. The molecule has 4 nitrogen and oxygen atoms in total. The minimum atomic E-state index is -0.159. The number of hydrogen-bond donors (Lipinski definition) is 0. The van der Waals surface area contributed by atoms with Crippen LogP contribution in [0.3, 0.4) is 0 Å². The quantitative estimate of drug-likeness (QED) is 0.650. The molecule has 0 bridgehead atoms. The van der Waals surface area contributed by atoms with Crippen LogP contribution in [-0.4, -0.2) is 55.7 Å². The van der Waals surface area contributed by atoms with E-state index in [1.807, 2.05) is 19.0 Å². The van der Waals surface area contributed by atoms with Crippen molar-refractivity contribution in [2.75, 3.05) is 33.8 Å². The van der Waals surface area contributed by atoms with Gasteiger partial charge in [0.1, 0.15) is 6.61 Å². The maximum Gasteiger partial charge on any atom is 0.410 e. The summed E-state index contributed by atoms with van der Waals surface area (Å²) in [6, 6.07) is 0.296. The van der Waals surface area contributed by atoms with Crippen molar-refractivity contribution in [3.8, 4) is 0 Å². The van der Waals surface area contributed by atoms with Gasteiger partial charge in [-0.1, -0.05) is 6.92 Å². The number of carbonyl (C=O) groups excluding carboxylic acids is 1. The monoisotopic (exact) mass is 186 g/mol. The number of amides is 1. The first-order valence-electron chi connectivity index (χ1n) is 4.73. The fraction of sp³-hybridized carbons (Fsp3) is 0.889. The molecule has 0 saturated carbocycles. The standard InChI is InChI=1S/C9H18N2O2/c1-4-8(7-10(2)3)11-5-6-13-9(11)12/h8H,4-7H2,1-3H3/t8-/m1/s1. The van der Waals surface area contributed by atoms with Gasteiger partial charge in [0.05, 0.1) is 6.54 Å². The largest absolute Gasteiger partial charge is 0.448 e. The van der Waals surface area contributed by atoms with Gasteiger partial charge in [-0.05, 0) is 20.5 Å². The molecule has 1 heterocycles. The molecule has 1 fully saturated rings. The number of rotatable bonds is 4. The van der Waals surface area contributed by atoms with Gasteiger partial charge in [0.15, 0.2) is 0 Å². The van der Waals surface area contributed by atoms with Crippen molar-refractivity contribution in [3.05, 3.63) is 0 Å². The number of ether oxygens (including phenoxy) is 1. The van der Waals surface area contributed by atoms with Crippen molar-refractivity contribution in [2.24, 2.45) is 0 Å². The van der Waals surface area contributed by atoms with Gasteiger partial charge in [-0.25, -0.2) is 4.79 Å². The summed E-state index contributed by atoms with van der Waals surface area (Å²) in [6.45, 7) is 4.29. The lowest BCUT2D eigenvalue weighted by Gasteiger charge is -2.27. The predicted molar refractivity (Wildman–Crippen MR) is 50.7 cm³/mol. The fourth-order valence-electron chi connectivity index (χ4n) is 1.61. The van der Waals surface area contributed by atoms with Gasteiger partial charge in [0, 0.05) is 12.6 Å². The average Bonchev–Trinajstić information content (AvgIpc) is 2.47. The van der Waals surface area contributed by atoms with Gasteiger partial charge in [-0.3, -0.25) is 0 Å². The van der Waals surface area contributed by atoms with Crippen molar-refractivity contribution >= 4 is 6.09 Å². The Balaban J connectivity index is 2.49. The summed E-state index contributed by atoms with van der Waals surface area (Å²) in [6.07, 6.45) is 0.821. The Kier molecular flexibility index (Phi) is 3.54. The second-order valence-corrected chi connectivity index (χ2v) is 3.63. The molecule has 0 aromatic rings. The molecule has 13 heavy (non-hydrogen) atoms. The summed E-state index contributed by atoms with van der Waals surface area (Å²) in [4.78, 5) is 15.2. The normalized spacial score (nSPS) is 19.4. The van der Waals surface area contributed by atoms with E-state index in [1.165, 1.54) is 0 Å². The highest BCUT2D eigenvalue weighted by Gasteiger charge is 2.28. The van der Waals surface area contributed by atoms with Crippen LogP contribution in [0.25, 0.3) is 0 Å². The maximum atomic E-state index is 11.2. The number of nitrogens with zero attached hydrogens (tertiary/aromatic N) is 2.